The highest BCUT2D eigenvalue weighted by molar-refractivity contribution is 5.91. The van der Waals surface area contributed by atoms with E-state index in [0.717, 1.165) is 0 Å². The van der Waals surface area contributed by atoms with E-state index in [0.29, 0.717) is 36.3 Å². The van der Waals surface area contributed by atoms with Crippen LogP contribution in [0.5, 0.6) is 5.75 Å². The van der Waals surface area contributed by atoms with E-state index < -0.39 is 25.0 Å². The van der Waals surface area contributed by atoms with E-state index in [2.05, 4.69) is 5.32 Å². The summed E-state index contributed by atoms with van der Waals surface area (Å²) in [6.07, 6.45) is 1.47. The number of piperidine rings is 1. The van der Waals surface area contributed by atoms with Gasteiger partial charge in [0.05, 0.1) is 19.1 Å². The molecule has 1 fully saturated rings. The molecule has 0 bridgehead atoms. The number of rotatable bonds is 10. The third kappa shape index (κ3) is 7.24. The first-order valence-corrected chi connectivity index (χ1v) is 11.5. The number of benzene rings is 2. The Kier molecular flexibility index (Phi) is 8.23. The number of carbonyl (C=O) groups excluding carboxylic acids is 1. The average Bonchev–Trinajstić information content (AvgIpc) is 2.77. The van der Waals surface area contributed by atoms with Crippen LogP contribution in [-0.2, 0) is 11.2 Å². The van der Waals surface area contributed by atoms with Crippen LogP contribution in [0.2, 0.25) is 0 Å². The van der Waals surface area contributed by atoms with Crippen molar-refractivity contribution in [2.75, 3.05) is 24.5 Å². The summed E-state index contributed by atoms with van der Waals surface area (Å²) in [7, 11) is 0. The second kappa shape index (κ2) is 13.0. The zero-order valence-corrected chi connectivity index (χ0v) is 19.6. The number of carbonyl (C=O) groups is 2. The Bertz CT molecular complexity index is 1110. The van der Waals surface area contributed by atoms with E-state index in [-0.39, 0.29) is 49.8 Å². The van der Waals surface area contributed by atoms with Gasteiger partial charge in [-0.15, -0.1) is 0 Å². The predicted molar refractivity (Wildman–Crippen MR) is 138 cm³/mol. The number of hydrogen-bond acceptors (Lipinski definition) is 4. The lowest BCUT2D eigenvalue weighted by atomic mass is 9.94. The minimum atomic E-state index is -1.87. The molecule has 2 aromatic rings. The average molecular weight is 473 g/mol. The molecule has 1 atom stereocenters. The first-order chi connectivity index (χ1) is 17.4. The number of aromatic carboxylic acids is 1. The van der Waals surface area contributed by atoms with Crippen LogP contribution in [0.4, 0.5) is 5.69 Å². The highest BCUT2D eigenvalue weighted by Crippen LogP contribution is 2.32. The van der Waals surface area contributed by atoms with Crippen LogP contribution in [-0.4, -0.2) is 36.6 Å². The smallest absolute Gasteiger partial charge is 0.339 e. The third-order valence-corrected chi connectivity index (χ3v) is 5.43. The highest BCUT2D eigenvalue weighted by Gasteiger charge is 2.23. The monoisotopic (exact) mass is 472 g/mol. The number of amides is 1. The van der Waals surface area contributed by atoms with Crippen molar-refractivity contribution in [3.8, 4) is 5.75 Å². The summed E-state index contributed by atoms with van der Waals surface area (Å²) in [6, 6.07) is 11.2. The van der Waals surface area contributed by atoms with Gasteiger partial charge in [-0.05, 0) is 67.9 Å². The fourth-order valence-electron chi connectivity index (χ4n) is 3.98. The van der Waals surface area contributed by atoms with Gasteiger partial charge in [0.2, 0.25) is 5.91 Å². The van der Waals surface area contributed by atoms with Crippen molar-refractivity contribution in [1.29, 1.82) is 0 Å². The summed E-state index contributed by atoms with van der Waals surface area (Å²) in [6.45, 7) is 2.37. The van der Waals surface area contributed by atoms with Crippen LogP contribution in [0.1, 0.15) is 86.9 Å². The van der Waals surface area contributed by atoms with Gasteiger partial charge in [-0.2, -0.15) is 0 Å². The van der Waals surface area contributed by atoms with Crippen LogP contribution in [0.15, 0.2) is 42.5 Å². The fraction of sp³-hybridized carbons (Fsp3) is 0.500. The molecular weight excluding hydrogens is 428 g/mol. The Hall–Kier alpha value is -3.02. The van der Waals surface area contributed by atoms with Gasteiger partial charge in [0.1, 0.15) is 11.3 Å². The molecule has 0 saturated carbocycles. The fourth-order valence-corrected chi connectivity index (χ4v) is 3.98. The van der Waals surface area contributed by atoms with E-state index in [1.807, 2.05) is 26.0 Å². The third-order valence-electron chi connectivity index (χ3n) is 5.43. The molecule has 1 aliphatic heterocycles. The normalized spacial score (nSPS) is 19.0. The minimum absolute atomic E-state index is 0. The standard InChI is InChI=1S/C27H36N2O4.CH4/c1-4-33-25-17-20(12-13-22(25)27(31)32)18-26(30)28-23(16-19(2)3)21-10-6-7-11-24(21)29-14-8-5-9-15-29;/h6-7,10-13,17,19,23H,4-5,8-9,14-16,18H2,1-3H3,(H,28,30)(H,31,32);1H4/t23-;/m0./s1/i14D2,15D2;. The molecule has 186 valence electrons. The van der Waals surface area contributed by atoms with Crippen molar-refractivity contribution in [3.63, 3.8) is 0 Å². The molecule has 0 unspecified atom stereocenters. The van der Waals surface area contributed by atoms with Crippen molar-refractivity contribution >= 4 is 17.6 Å². The molecule has 2 aromatic carbocycles. The summed E-state index contributed by atoms with van der Waals surface area (Å²) in [5, 5.41) is 12.5. The molecule has 0 aromatic heterocycles. The van der Waals surface area contributed by atoms with Gasteiger partial charge in [0, 0.05) is 24.2 Å². The van der Waals surface area contributed by atoms with Crippen molar-refractivity contribution in [2.45, 2.75) is 66.3 Å². The van der Waals surface area contributed by atoms with Gasteiger partial charge in [0.15, 0.2) is 0 Å². The molecular formula is C28H40N2O4. The van der Waals surface area contributed by atoms with Crippen molar-refractivity contribution < 1.29 is 24.9 Å². The molecule has 1 heterocycles. The van der Waals surface area contributed by atoms with Crippen molar-refractivity contribution in [2.24, 2.45) is 5.92 Å². The van der Waals surface area contributed by atoms with E-state index in [9.17, 15) is 14.7 Å². The number of para-hydroxylation sites is 1. The summed E-state index contributed by atoms with van der Waals surface area (Å²) >= 11 is 0. The number of anilines is 1. The number of hydrogen-bond donors (Lipinski definition) is 2. The van der Waals surface area contributed by atoms with Gasteiger partial charge in [-0.1, -0.05) is 45.5 Å². The first-order valence-electron chi connectivity index (χ1n) is 13.5. The molecule has 1 aliphatic rings. The van der Waals surface area contributed by atoms with Gasteiger partial charge < -0.3 is 20.1 Å². The first kappa shape index (κ1) is 21.5. The second-order valence-electron chi connectivity index (χ2n) is 8.56. The SMILES string of the molecule is C.[2H]C1([2H])CCCC([2H])([2H])N1c1ccccc1[C@H](CC(C)C)NC(=O)Cc1ccc(C(=O)O)c(OCC)c1. The Morgan fingerprint density at radius 3 is 2.50 bits per heavy atom. The molecule has 34 heavy (non-hydrogen) atoms. The largest absolute Gasteiger partial charge is 0.493 e. The van der Waals surface area contributed by atoms with E-state index in [1.165, 1.54) is 11.0 Å². The summed E-state index contributed by atoms with van der Waals surface area (Å²) < 4.78 is 39.7. The highest BCUT2D eigenvalue weighted by atomic mass is 16.5. The zero-order valence-electron chi connectivity index (χ0n) is 23.6. The Morgan fingerprint density at radius 2 is 1.85 bits per heavy atom. The minimum Gasteiger partial charge on any atom is -0.493 e. The van der Waals surface area contributed by atoms with E-state index in [4.69, 9.17) is 10.2 Å². The number of ether oxygens (including phenoxy) is 1. The summed E-state index contributed by atoms with van der Waals surface area (Å²) in [4.78, 5) is 25.9. The lowest BCUT2D eigenvalue weighted by Crippen LogP contribution is -2.34. The van der Waals surface area contributed by atoms with E-state index in [1.54, 1.807) is 31.2 Å². The second-order valence-corrected chi connectivity index (χ2v) is 8.56. The molecule has 0 aliphatic carbocycles. The van der Waals surface area contributed by atoms with Gasteiger partial charge in [-0.3, -0.25) is 4.79 Å². The maximum atomic E-state index is 13.2. The van der Waals surface area contributed by atoms with Crippen LogP contribution >= 0.6 is 0 Å². The van der Waals surface area contributed by atoms with E-state index >= 15 is 0 Å². The molecule has 0 radical (unpaired) electrons. The molecule has 6 nitrogen and oxygen atoms in total. The Balaban J connectivity index is 0.00000507. The number of nitrogens with zero attached hydrogens (tertiary/aromatic N) is 1. The van der Waals surface area contributed by atoms with Crippen LogP contribution in [0.3, 0.4) is 0 Å². The van der Waals surface area contributed by atoms with Gasteiger partial charge in [-0.25, -0.2) is 4.79 Å². The maximum Gasteiger partial charge on any atom is 0.339 e. The molecule has 1 saturated heterocycles. The Labute approximate surface area is 209 Å². The lowest BCUT2D eigenvalue weighted by molar-refractivity contribution is -0.121. The van der Waals surface area contributed by atoms with Crippen molar-refractivity contribution in [1.82, 2.24) is 5.32 Å². The van der Waals surface area contributed by atoms with Crippen LogP contribution in [0.25, 0.3) is 0 Å². The van der Waals surface area contributed by atoms with Crippen LogP contribution in [0, 0.1) is 5.92 Å². The molecule has 3 rings (SSSR count). The number of carboxylic acids is 1. The molecule has 0 spiro atoms. The summed E-state index contributed by atoms with van der Waals surface area (Å²) in [5.74, 6) is -0.979. The molecule has 1 amide bonds. The van der Waals surface area contributed by atoms with Gasteiger partial charge >= 0.3 is 5.97 Å². The van der Waals surface area contributed by atoms with Crippen molar-refractivity contribution in [3.05, 3.63) is 59.2 Å². The quantitative estimate of drug-likeness (QED) is 0.453. The number of nitrogens with one attached hydrogen (secondary N) is 1. The zero-order chi connectivity index (χ0) is 27.4. The Morgan fingerprint density at radius 1 is 1.15 bits per heavy atom. The lowest BCUT2D eigenvalue weighted by Gasteiger charge is -2.33. The predicted octanol–water partition coefficient (Wildman–Crippen LogP) is 5.86. The number of carboxylic acid groups (broad SMARTS) is 1. The molecule has 6 heteroatoms. The maximum absolute atomic E-state index is 13.2. The topological polar surface area (TPSA) is 78.9 Å². The van der Waals surface area contributed by atoms with Gasteiger partial charge in [0.25, 0.3) is 0 Å². The van der Waals surface area contributed by atoms with Crippen LogP contribution < -0.4 is 15.0 Å². The summed E-state index contributed by atoms with van der Waals surface area (Å²) in [5.41, 5.74) is 1.73. The molecule has 2 N–H and O–H groups in total.